The molecule has 6 heteroatoms. The number of nitrogens with zero attached hydrogens (tertiary/aromatic N) is 2. The molecule has 1 unspecified atom stereocenters. The molecule has 3 aliphatic heterocycles. The molecule has 0 saturated carbocycles. The Morgan fingerprint density at radius 2 is 1.93 bits per heavy atom. The standard InChI is InChI=1S/C24H25N3O3/c1-15(2)21-20-22(26-11-10-25-21)24(28)27(13-16-6-4-3-5-7-16)23(20)17-8-9-18-19(12-17)30-14-29-18/h3-9,12,15,23,25H,10-11,13-14H2,1-2H3. The first-order chi connectivity index (χ1) is 14.6. The van der Waals surface area contributed by atoms with Crippen LogP contribution in [0.3, 0.4) is 0 Å². The highest BCUT2D eigenvalue weighted by molar-refractivity contribution is 6.48. The molecule has 1 atom stereocenters. The average Bonchev–Trinajstić information content (AvgIpc) is 3.23. The molecule has 0 bridgehead atoms. The number of rotatable bonds is 4. The van der Waals surface area contributed by atoms with E-state index < -0.39 is 0 Å². The number of benzene rings is 2. The summed E-state index contributed by atoms with van der Waals surface area (Å²) in [7, 11) is 0. The Bertz CT molecular complexity index is 1040. The Labute approximate surface area is 176 Å². The number of carbonyl (C=O) groups excluding carboxylic acids is 1. The smallest absolute Gasteiger partial charge is 0.273 e. The number of likely N-dealkylation sites (tertiary alicyclic amines) is 1. The SMILES string of the molecule is CC(C)C1=C2C(=NCCN1)C(=O)N(Cc1ccccc1)C2c1ccc2c(c1)OCO2. The van der Waals surface area contributed by atoms with Gasteiger partial charge < -0.3 is 19.7 Å². The van der Waals surface area contributed by atoms with Crippen molar-refractivity contribution < 1.29 is 14.3 Å². The predicted octanol–water partition coefficient (Wildman–Crippen LogP) is 3.45. The third-order valence-corrected chi connectivity index (χ3v) is 5.78. The van der Waals surface area contributed by atoms with Gasteiger partial charge in [0.25, 0.3) is 5.91 Å². The van der Waals surface area contributed by atoms with E-state index in [9.17, 15) is 4.79 Å². The van der Waals surface area contributed by atoms with Crippen molar-refractivity contribution in [1.29, 1.82) is 0 Å². The van der Waals surface area contributed by atoms with Gasteiger partial charge in [-0.15, -0.1) is 0 Å². The van der Waals surface area contributed by atoms with Crippen molar-refractivity contribution in [2.75, 3.05) is 19.9 Å². The van der Waals surface area contributed by atoms with Crippen LogP contribution in [-0.2, 0) is 11.3 Å². The molecule has 0 aromatic heterocycles. The van der Waals surface area contributed by atoms with Crippen LogP contribution < -0.4 is 14.8 Å². The molecule has 1 fully saturated rings. The van der Waals surface area contributed by atoms with Crippen LogP contribution in [0.25, 0.3) is 0 Å². The minimum Gasteiger partial charge on any atom is -0.454 e. The van der Waals surface area contributed by atoms with E-state index in [2.05, 4.69) is 36.3 Å². The molecule has 1 saturated heterocycles. The van der Waals surface area contributed by atoms with E-state index in [0.717, 1.165) is 40.4 Å². The summed E-state index contributed by atoms with van der Waals surface area (Å²) in [4.78, 5) is 20.2. The first-order valence-corrected chi connectivity index (χ1v) is 10.4. The second kappa shape index (κ2) is 7.52. The zero-order valence-electron chi connectivity index (χ0n) is 17.2. The van der Waals surface area contributed by atoms with Gasteiger partial charge in [0, 0.05) is 24.4 Å². The van der Waals surface area contributed by atoms with Crippen molar-refractivity contribution in [3.63, 3.8) is 0 Å². The van der Waals surface area contributed by atoms with Crippen LogP contribution in [0.4, 0.5) is 0 Å². The molecule has 1 N–H and O–H groups in total. The fraction of sp³-hybridized carbons (Fsp3) is 0.333. The van der Waals surface area contributed by atoms with E-state index in [4.69, 9.17) is 9.47 Å². The van der Waals surface area contributed by atoms with Crippen LogP contribution in [0.15, 0.2) is 64.8 Å². The maximum absolute atomic E-state index is 13.6. The van der Waals surface area contributed by atoms with Crippen LogP contribution >= 0.6 is 0 Å². The van der Waals surface area contributed by atoms with Crippen LogP contribution in [0, 0.1) is 5.92 Å². The molecular weight excluding hydrogens is 378 g/mol. The third kappa shape index (κ3) is 3.12. The lowest BCUT2D eigenvalue weighted by Gasteiger charge is -2.27. The van der Waals surface area contributed by atoms with Crippen LogP contribution in [0.2, 0.25) is 0 Å². The summed E-state index contributed by atoms with van der Waals surface area (Å²) in [5.74, 6) is 1.70. The quantitative estimate of drug-likeness (QED) is 0.849. The maximum atomic E-state index is 13.6. The van der Waals surface area contributed by atoms with Crippen molar-refractivity contribution >= 4 is 11.6 Å². The molecule has 0 aliphatic carbocycles. The summed E-state index contributed by atoms with van der Waals surface area (Å²) in [6, 6.07) is 15.8. The summed E-state index contributed by atoms with van der Waals surface area (Å²) in [5.41, 5.74) is 4.77. The van der Waals surface area contributed by atoms with Gasteiger partial charge in [0.1, 0.15) is 5.71 Å². The fourth-order valence-electron chi connectivity index (χ4n) is 4.42. The van der Waals surface area contributed by atoms with Gasteiger partial charge in [0.2, 0.25) is 6.79 Å². The number of hydrogen-bond acceptors (Lipinski definition) is 5. The lowest BCUT2D eigenvalue weighted by atomic mass is 9.92. The Hall–Kier alpha value is -3.28. The second-order valence-corrected chi connectivity index (χ2v) is 8.07. The molecule has 30 heavy (non-hydrogen) atoms. The summed E-state index contributed by atoms with van der Waals surface area (Å²) in [5, 5.41) is 3.54. The van der Waals surface area contributed by atoms with E-state index in [1.165, 1.54) is 0 Å². The zero-order valence-corrected chi connectivity index (χ0v) is 17.2. The van der Waals surface area contributed by atoms with Crippen molar-refractivity contribution in [2.45, 2.75) is 26.4 Å². The highest BCUT2D eigenvalue weighted by atomic mass is 16.7. The number of aliphatic imine (C=N–C) groups is 1. The van der Waals surface area contributed by atoms with Crippen molar-refractivity contribution in [3.05, 3.63) is 70.9 Å². The molecule has 0 spiro atoms. The lowest BCUT2D eigenvalue weighted by Crippen LogP contribution is -2.30. The van der Waals surface area contributed by atoms with Gasteiger partial charge in [-0.1, -0.05) is 50.2 Å². The third-order valence-electron chi connectivity index (χ3n) is 5.78. The summed E-state index contributed by atoms with van der Waals surface area (Å²) >= 11 is 0. The van der Waals surface area contributed by atoms with E-state index in [1.54, 1.807) is 0 Å². The topological polar surface area (TPSA) is 63.2 Å². The van der Waals surface area contributed by atoms with E-state index in [-0.39, 0.29) is 24.7 Å². The fourth-order valence-corrected chi connectivity index (χ4v) is 4.42. The molecule has 3 heterocycles. The molecule has 5 rings (SSSR count). The summed E-state index contributed by atoms with van der Waals surface area (Å²) in [6.45, 7) is 6.38. The highest BCUT2D eigenvalue weighted by Gasteiger charge is 2.44. The normalized spacial score (nSPS) is 20.2. The summed E-state index contributed by atoms with van der Waals surface area (Å²) in [6.07, 6.45) is 0. The van der Waals surface area contributed by atoms with E-state index >= 15 is 0 Å². The predicted molar refractivity (Wildman–Crippen MR) is 114 cm³/mol. The first kappa shape index (κ1) is 18.7. The number of allylic oxidation sites excluding steroid dienone is 1. The van der Waals surface area contributed by atoms with Gasteiger partial charge in [-0.2, -0.15) is 0 Å². The lowest BCUT2D eigenvalue weighted by molar-refractivity contribution is -0.124. The number of ether oxygens (including phenoxy) is 2. The second-order valence-electron chi connectivity index (χ2n) is 8.07. The molecule has 154 valence electrons. The Morgan fingerprint density at radius 3 is 2.73 bits per heavy atom. The number of carbonyl (C=O) groups is 1. The van der Waals surface area contributed by atoms with Gasteiger partial charge in [-0.3, -0.25) is 9.79 Å². The Balaban J connectivity index is 1.66. The average molecular weight is 403 g/mol. The van der Waals surface area contributed by atoms with Crippen LogP contribution in [0.5, 0.6) is 11.5 Å². The van der Waals surface area contributed by atoms with Gasteiger partial charge in [-0.25, -0.2) is 0 Å². The summed E-state index contributed by atoms with van der Waals surface area (Å²) < 4.78 is 11.1. The van der Waals surface area contributed by atoms with Gasteiger partial charge in [-0.05, 0) is 29.2 Å². The number of hydrogen-bond donors (Lipinski definition) is 1. The van der Waals surface area contributed by atoms with Gasteiger partial charge in [0.15, 0.2) is 11.5 Å². The van der Waals surface area contributed by atoms with E-state index in [0.29, 0.717) is 18.8 Å². The van der Waals surface area contributed by atoms with Crippen molar-refractivity contribution in [1.82, 2.24) is 10.2 Å². The number of fused-ring (bicyclic) bond motifs is 2. The number of nitrogens with one attached hydrogen (secondary N) is 1. The maximum Gasteiger partial charge on any atom is 0.273 e. The largest absolute Gasteiger partial charge is 0.454 e. The van der Waals surface area contributed by atoms with Crippen molar-refractivity contribution in [2.24, 2.45) is 10.9 Å². The molecule has 0 radical (unpaired) electrons. The Kier molecular flexibility index (Phi) is 4.69. The molecule has 3 aliphatic rings. The number of amides is 1. The van der Waals surface area contributed by atoms with E-state index in [1.807, 2.05) is 41.3 Å². The molecular formula is C24H25N3O3. The monoisotopic (exact) mass is 403 g/mol. The van der Waals surface area contributed by atoms with Crippen LogP contribution in [-0.4, -0.2) is 36.4 Å². The minimum absolute atomic E-state index is 0.0154. The van der Waals surface area contributed by atoms with Gasteiger partial charge in [0.05, 0.1) is 12.6 Å². The molecule has 1 amide bonds. The van der Waals surface area contributed by atoms with Crippen molar-refractivity contribution in [3.8, 4) is 11.5 Å². The van der Waals surface area contributed by atoms with Crippen LogP contribution in [0.1, 0.15) is 31.0 Å². The Morgan fingerprint density at radius 1 is 1.13 bits per heavy atom. The zero-order chi connectivity index (χ0) is 20.7. The highest BCUT2D eigenvalue weighted by Crippen LogP contribution is 2.43. The minimum atomic E-state index is -0.228. The first-order valence-electron chi connectivity index (χ1n) is 10.4. The van der Waals surface area contributed by atoms with Gasteiger partial charge >= 0.3 is 0 Å². The molecule has 2 aromatic rings. The molecule has 2 aromatic carbocycles. The molecule has 6 nitrogen and oxygen atoms in total.